The highest BCUT2D eigenvalue weighted by Crippen LogP contribution is 2.25. The molecule has 0 bridgehead atoms. The number of carboxylic acids is 1. The zero-order valence-electron chi connectivity index (χ0n) is 8.38. The predicted molar refractivity (Wildman–Crippen MR) is 58.1 cm³/mol. The SMILES string of the molecule is Cc1cc(C(=O)O)ccc1Oc1ncns1. The van der Waals surface area contributed by atoms with Crippen molar-refractivity contribution in [2.75, 3.05) is 0 Å². The molecule has 0 spiro atoms. The number of nitrogens with zero attached hydrogens (tertiary/aromatic N) is 2. The fourth-order valence-electron chi connectivity index (χ4n) is 1.20. The number of aromatic carboxylic acids is 1. The van der Waals surface area contributed by atoms with E-state index >= 15 is 0 Å². The first-order valence-electron chi connectivity index (χ1n) is 4.45. The molecular formula is C10H8N2O3S. The molecule has 0 saturated heterocycles. The van der Waals surface area contributed by atoms with Crippen LogP contribution in [-0.4, -0.2) is 20.4 Å². The lowest BCUT2D eigenvalue weighted by Gasteiger charge is -2.05. The fourth-order valence-corrected chi connectivity index (χ4v) is 1.60. The van der Waals surface area contributed by atoms with Gasteiger partial charge in [-0.3, -0.25) is 0 Å². The number of aromatic nitrogens is 2. The summed E-state index contributed by atoms with van der Waals surface area (Å²) in [6, 6.07) is 4.66. The summed E-state index contributed by atoms with van der Waals surface area (Å²) in [5, 5.41) is 9.23. The number of hydrogen-bond acceptors (Lipinski definition) is 5. The Morgan fingerprint density at radius 3 is 2.88 bits per heavy atom. The van der Waals surface area contributed by atoms with E-state index in [2.05, 4.69) is 9.36 Å². The van der Waals surface area contributed by atoms with Crippen LogP contribution in [0, 0.1) is 6.92 Å². The van der Waals surface area contributed by atoms with E-state index in [1.807, 2.05) is 0 Å². The normalized spacial score (nSPS) is 10.1. The van der Waals surface area contributed by atoms with Crippen LogP contribution in [0.5, 0.6) is 10.9 Å². The molecule has 0 saturated carbocycles. The number of aryl methyl sites for hydroxylation is 1. The molecule has 0 radical (unpaired) electrons. The lowest BCUT2D eigenvalue weighted by Crippen LogP contribution is -1.97. The van der Waals surface area contributed by atoms with E-state index in [1.54, 1.807) is 19.1 Å². The van der Waals surface area contributed by atoms with Crippen molar-refractivity contribution in [2.24, 2.45) is 0 Å². The number of hydrogen-bond donors (Lipinski definition) is 1. The molecular weight excluding hydrogens is 228 g/mol. The van der Waals surface area contributed by atoms with Gasteiger partial charge in [0.15, 0.2) is 0 Å². The molecule has 5 nitrogen and oxygen atoms in total. The summed E-state index contributed by atoms with van der Waals surface area (Å²) in [6.07, 6.45) is 1.40. The van der Waals surface area contributed by atoms with E-state index in [9.17, 15) is 4.79 Å². The van der Waals surface area contributed by atoms with Crippen molar-refractivity contribution in [3.63, 3.8) is 0 Å². The van der Waals surface area contributed by atoms with Gasteiger partial charge >= 0.3 is 5.97 Å². The Kier molecular flexibility index (Phi) is 2.82. The molecule has 2 rings (SSSR count). The van der Waals surface area contributed by atoms with Crippen LogP contribution in [0.1, 0.15) is 15.9 Å². The van der Waals surface area contributed by atoms with Gasteiger partial charge in [-0.1, -0.05) is 0 Å². The zero-order valence-corrected chi connectivity index (χ0v) is 9.19. The average molecular weight is 236 g/mol. The van der Waals surface area contributed by atoms with E-state index in [-0.39, 0.29) is 5.56 Å². The maximum absolute atomic E-state index is 10.7. The molecule has 0 aliphatic heterocycles. The Morgan fingerprint density at radius 2 is 2.31 bits per heavy atom. The van der Waals surface area contributed by atoms with Gasteiger partial charge in [-0.15, -0.1) is 0 Å². The highest BCUT2D eigenvalue weighted by atomic mass is 32.1. The van der Waals surface area contributed by atoms with Gasteiger partial charge in [-0.25, -0.2) is 4.79 Å². The Hall–Kier alpha value is -1.95. The van der Waals surface area contributed by atoms with Crippen molar-refractivity contribution in [3.8, 4) is 10.9 Å². The smallest absolute Gasteiger partial charge is 0.335 e. The Labute approximate surface area is 95.5 Å². The van der Waals surface area contributed by atoms with Crippen LogP contribution in [0.2, 0.25) is 0 Å². The van der Waals surface area contributed by atoms with Crippen molar-refractivity contribution in [3.05, 3.63) is 35.7 Å². The molecule has 1 N–H and O–H groups in total. The van der Waals surface area contributed by atoms with Crippen molar-refractivity contribution in [1.82, 2.24) is 9.36 Å². The quantitative estimate of drug-likeness (QED) is 0.885. The molecule has 6 heteroatoms. The largest absolute Gasteiger partial charge is 0.478 e. The summed E-state index contributed by atoms with van der Waals surface area (Å²) < 4.78 is 9.24. The molecule has 82 valence electrons. The van der Waals surface area contributed by atoms with Crippen molar-refractivity contribution >= 4 is 17.5 Å². The lowest BCUT2D eigenvalue weighted by atomic mass is 10.1. The van der Waals surface area contributed by atoms with Crippen LogP contribution in [-0.2, 0) is 0 Å². The van der Waals surface area contributed by atoms with Crippen LogP contribution in [0.3, 0.4) is 0 Å². The second-order valence-electron chi connectivity index (χ2n) is 3.09. The van der Waals surface area contributed by atoms with Gasteiger partial charge in [0.25, 0.3) is 5.19 Å². The summed E-state index contributed by atoms with van der Waals surface area (Å²) in [7, 11) is 0. The minimum absolute atomic E-state index is 0.238. The minimum Gasteiger partial charge on any atom is -0.478 e. The van der Waals surface area contributed by atoms with Crippen LogP contribution in [0.4, 0.5) is 0 Å². The van der Waals surface area contributed by atoms with E-state index in [1.165, 1.54) is 12.4 Å². The van der Waals surface area contributed by atoms with E-state index in [4.69, 9.17) is 9.84 Å². The van der Waals surface area contributed by atoms with Crippen molar-refractivity contribution < 1.29 is 14.6 Å². The molecule has 0 aliphatic rings. The van der Waals surface area contributed by atoms with E-state index in [0.717, 1.165) is 17.1 Å². The molecule has 1 aromatic heterocycles. The van der Waals surface area contributed by atoms with Gasteiger partial charge in [0.2, 0.25) is 0 Å². The van der Waals surface area contributed by atoms with Crippen molar-refractivity contribution in [2.45, 2.75) is 6.92 Å². The van der Waals surface area contributed by atoms with Gasteiger partial charge < -0.3 is 9.84 Å². The summed E-state index contributed by atoms with van der Waals surface area (Å²) in [5.74, 6) is -0.368. The maximum atomic E-state index is 10.7. The first-order chi connectivity index (χ1) is 7.66. The molecule has 0 amide bonds. The third kappa shape index (κ3) is 2.17. The second kappa shape index (κ2) is 4.28. The average Bonchev–Trinajstić information content (AvgIpc) is 2.73. The van der Waals surface area contributed by atoms with Gasteiger partial charge in [-0.05, 0) is 30.7 Å². The van der Waals surface area contributed by atoms with Crippen LogP contribution >= 0.6 is 11.5 Å². The number of carboxylic acid groups (broad SMARTS) is 1. The summed E-state index contributed by atoms with van der Waals surface area (Å²) >= 11 is 1.14. The number of rotatable bonds is 3. The minimum atomic E-state index is -0.953. The summed E-state index contributed by atoms with van der Waals surface area (Å²) in [6.45, 7) is 1.78. The molecule has 2 aromatic rings. The number of benzene rings is 1. The third-order valence-electron chi connectivity index (χ3n) is 1.96. The predicted octanol–water partition coefficient (Wildman–Crippen LogP) is 2.34. The topological polar surface area (TPSA) is 72.3 Å². The molecule has 0 atom stereocenters. The highest BCUT2D eigenvalue weighted by molar-refractivity contribution is 7.07. The first kappa shape index (κ1) is 10.6. The number of carbonyl (C=O) groups is 1. The zero-order chi connectivity index (χ0) is 11.5. The van der Waals surface area contributed by atoms with Gasteiger partial charge in [0.1, 0.15) is 12.1 Å². The first-order valence-corrected chi connectivity index (χ1v) is 5.22. The molecule has 0 aliphatic carbocycles. The van der Waals surface area contributed by atoms with Crippen LogP contribution < -0.4 is 4.74 Å². The van der Waals surface area contributed by atoms with Gasteiger partial charge in [-0.2, -0.15) is 9.36 Å². The van der Waals surface area contributed by atoms with Crippen LogP contribution in [0.15, 0.2) is 24.5 Å². The van der Waals surface area contributed by atoms with E-state index < -0.39 is 5.97 Å². The Bertz CT molecular complexity index is 511. The Balaban J connectivity index is 2.26. The molecule has 1 aromatic carbocycles. The van der Waals surface area contributed by atoms with E-state index in [0.29, 0.717) is 10.9 Å². The summed E-state index contributed by atoms with van der Waals surface area (Å²) in [4.78, 5) is 14.6. The third-order valence-corrected chi connectivity index (χ3v) is 2.50. The Morgan fingerprint density at radius 1 is 1.50 bits per heavy atom. The molecule has 0 unspecified atom stereocenters. The second-order valence-corrected chi connectivity index (χ2v) is 3.84. The maximum Gasteiger partial charge on any atom is 0.335 e. The van der Waals surface area contributed by atoms with Crippen molar-refractivity contribution in [1.29, 1.82) is 0 Å². The molecule has 16 heavy (non-hydrogen) atoms. The summed E-state index contributed by atoms with van der Waals surface area (Å²) in [5.41, 5.74) is 0.984. The van der Waals surface area contributed by atoms with Gasteiger partial charge in [0, 0.05) is 11.5 Å². The molecule has 1 heterocycles. The standard InChI is InChI=1S/C10H8N2O3S/c1-6-4-7(9(13)14)2-3-8(6)15-10-11-5-12-16-10/h2-5H,1H3,(H,13,14). The fraction of sp³-hybridized carbons (Fsp3) is 0.100. The highest BCUT2D eigenvalue weighted by Gasteiger charge is 2.08. The van der Waals surface area contributed by atoms with Crippen LogP contribution in [0.25, 0.3) is 0 Å². The number of ether oxygens (including phenoxy) is 1. The monoisotopic (exact) mass is 236 g/mol. The van der Waals surface area contributed by atoms with Gasteiger partial charge in [0.05, 0.1) is 5.56 Å². The lowest BCUT2D eigenvalue weighted by molar-refractivity contribution is 0.0697. The molecule has 0 fully saturated rings.